The number of carbonyl (C=O) groups excluding carboxylic acids is 1. The van der Waals surface area contributed by atoms with E-state index in [1.165, 1.54) is 18.3 Å². The summed E-state index contributed by atoms with van der Waals surface area (Å²) in [6.07, 6.45) is 0.296. The Kier molecular flexibility index (Phi) is 4.71. The minimum Gasteiger partial charge on any atom is -0.387 e. The maximum absolute atomic E-state index is 15.3. The molecule has 2 atom stereocenters. The second kappa shape index (κ2) is 6.65. The maximum atomic E-state index is 15.3. The Balaban J connectivity index is 1.82. The number of nitrogens with zero attached hydrogens (tertiary/aromatic N) is 1. The highest BCUT2D eigenvalue weighted by Crippen LogP contribution is 2.42. The van der Waals surface area contributed by atoms with Crippen molar-refractivity contribution in [3.8, 4) is 0 Å². The molecular weight excluding hydrogens is 357 g/mol. The molecule has 8 heteroatoms. The van der Waals surface area contributed by atoms with E-state index in [0.717, 1.165) is 12.1 Å². The highest BCUT2D eigenvalue weighted by atomic mass is 35.5. The minimum absolute atomic E-state index is 0.00244. The van der Waals surface area contributed by atoms with Gasteiger partial charge in [-0.3, -0.25) is 9.78 Å². The summed E-state index contributed by atoms with van der Waals surface area (Å²) < 4.78 is 41.7. The molecule has 3 rings (SSSR count). The van der Waals surface area contributed by atoms with E-state index >= 15 is 4.39 Å². The molecule has 0 saturated carbocycles. The third kappa shape index (κ3) is 3.21. The molecule has 2 unspecified atom stereocenters. The second-order valence-corrected chi connectivity index (χ2v) is 6.24. The maximum Gasteiger partial charge on any atom is 0.262 e. The number of nitrogens with one attached hydrogen (secondary N) is 1. The number of aromatic nitrogens is 1. The molecule has 1 aliphatic rings. The van der Waals surface area contributed by atoms with Crippen LogP contribution in [0, 0.1) is 11.6 Å². The molecule has 132 valence electrons. The first-order valence-electron chi connectivity index (χ1n) is 7.57. The number of hydrogen-bond acceptors (Lipinski definition) is 3. The molecule has 0 radical (unpaired) electrons. The van der Waals surface area contributed by atoms with Crippen LogP contribution in [0.5, 0.6) is 0 Å². The van der Waals surface area contributed by atoms with E-state index in [1.54, 1.807) is 0 Å². The fourth-order valence-corrected chi connectivity index (χ4v) is 3.09. The molecule has 2 aromatic rings. The summed E-state index contributed by atoms with van der Waals surface area (Å²) in [6.45, 7) is -0.265. The molecule has 4 nitrogen and oxygen atoms in total. The number of pyridine rings is 1. The van der Waals surface area contributed by atoms with Gasteiger partial charge in [-0.2, -0.15) is 0 Å². The lowest BCUT2D eigenvalue weighted by Crippen LogP contribution is -2.44. The van der Waals surface area contributed by atoms with Crippen molar-refractivity contribution in [2.45, 2.75) is 31.2 Å². The van der Waals surface area contributed by atoms with Gasteiger partial charge in [0.25, 0.3) is 5.91 Å². The summed E-state index contributed by atoms with van der Waals surface area (Å²) in [5.74, 6) is -3.17. The molecule has 1 aromatic heterocycles. The Labute approximate surface area is 146 Å². The lowest BCUT2D eigenvalue weighted by molar-refractivity contribution is -0.135. The normalized spacial score (nSPS) is 22.4. The fourth-order valence-electron chi connectivity index (χ4n) is 2.88. The first-order valence-corrected chi connectivity index (χ1v) is 7.95. The molecular formula is C17H14ClF3N2O2. The largest absolute Gasteiger partial charge is 0.387 e. The number of rotatable bonds is 3. The SMILES string of the molecule is O=C(NCc1cc(F)c(F)cc1Cl)C1(F)CCC(O)c2ncccc21. The van der Waals surface area contributed by atoms with E-state index in [0.29, 0.717) is 0 Å². The van der Waals surface area contributed by atoms with Gasteiger partial charge in [-0.05, 0) is 36.6 Å². The van der Waals surface area contributed by atoms with Gasteiger partial charge in [0.05, 0.1) is 11.8 Å². The van der Waals surface area contributed by atoms with Crippen molar-refractivity contribution in [2.75, 3.05) is 0 Å². The van der Waals surface area contributed by atoms with Crippen LogP contribution in [0.4, 0.5) is 13.2 Å². The molecule has 2 N–H and O–H groups in total. The van der Waals surface area contributed by atoms with Crippen molar-refractivity contribution in [1.29, 1.82) is 0 Å². The smallest absolute Gasteiger partial charge is 0.262 e. The van der Waals surface area contributed by atoms with Gasteiger partial charge in [0, 0.05) is 23.3 Å². The summed E-state index contributed by atoms with van der Waals surface area (Å²) in [5, 5.41) is 12.2. The molecule has 25 heavy (non-hydrogen) atoms. The van der Waals surface area contributed by atoms with Crippen molar-refractivity contribution < 1.29 is 23.1 Å². The molecule has 1 aromatic carbocycles. The summed E-state index contributed by atoms with van der Waals surface area (Å²) >= 11 is 5.81. The van der Waals surface area contributed by atoms with Gasteiger partial charge >= 0.3 is 0 Å². The number of carbonyl (C=O) groups is 1. The van der Waals surface area contributed by atoms with E-state index in [9.17, 15) is 18.7 Å². The summed E-state index contributed by atoms with van der Waals surface area (Å²) in [7, 11) is 0. The van der Waals surface area contributed by atoms with Crippen LogP contribution in [-0.2, 0) is 17.0 Å². The fraction of sp³-hybridized carbons (Fsp3) is 0.294. The van der Waals surface area contributed by atoms with Crippen LogP contribution in [0.1, 0.15) is 35.8 Å². The third-order valence-electron chi connectivity index (χ3n) is 4.23. The van der Waals surface area contributed by atoms with Crippen LogP contribution in [0.25, 0.3) is 0 Å². The van der Waals surface area contributed by atoms with Crippen molar-refractivity contribution in [3.63, 3.8) is 0 Å². The van der Waals surface area contributed by atoms with Crippen molar-refractivity contribution in [3.05, 3.63) is 63.9 Å². The van der Waals surface area contributed by atoms with Gasteiger partial charge in [-0.15, -0.1) is 0 Å². The zero-order valence-corrected chi connectivity index (χ0v) is 13.7. The minimum atomic E-state index is -2.37. The number of alkyl halides is 1. The van der Waals surface area contributed by atoms with Gasteiger partial charge in [0.15, 0.2) is 11.6 Å². The quantitative estimate of drug-likeness (QED) is 0.815. The number of hydrogen-bond donors (Lipinski definition) is 2. The topological polar surface area (TPSA) is 62.2 Å². The van der Waals surface area contributed by atoms with Gasteiger partial charge in [0.2, 0.25) is 5.67 Å². The van der Waals surface area contributed by atoms with Crippen molar-refractivity contribution in [2.24, 2.45) is 0 Å². The number of aliphatic hydroxyl groups is 1. The Bertz CT molecular complexity index is 834. The number of benzene rings is 1. The molecule has 0 fully saturated rings. The van der Waals surface area contributed by atoms with Crippen LogP contribution in [0.3, 0.4) is 0 Å². The number of aliphatic hydroxyl groups excluding tert-OH is 1. The lowest BCUT2D eigenvalue weighted by Gasteiger charge is -2.32. The van der Waals surface area contributed by atoms with E-state index in [2.05, 4.69) is 10.3 Å². The first kappa shape index (κ1) is 17.7. The molecule has 0 bridgehead atoms. The van der Waals surface area contributed by atoms with E-state index in [4.69, 9.17) is 11.6 Å². The summed E-state index contributed by atoms with van der Waals surface area (Å²) in [6, 6.07) is 4.52. The molecule has 0 aliphatic heterocycles. The molecule has 0 spiro atoms. The van der Waals surface area contributed by atoms with Crippen molar-refractivity contribution in [1.82, 2.24) is 10.3 Å². The Morgan fingerprint density at radius 1 is 1.40 bits per heavy atom. The van der Waals surface area contributed by atoms with Crippen LogP contribution in [0.2, 0.25) is 5.02 Å². The van der Waals surface area contributed by atoms with Gasteiger partial charge < -0.3 is 10.4 Å². The van der Waals surface area contributed by atoms with E-state index in [1.807, 2.05) is 0 Å². The van der Waals surface area contributed by atoms with Gasteiger partial charge in [-0.25, -0.2) is 13.2 Å². The first-order chi connectivity index (χ1) is 11.8. The predicted molar refractivity (Wildman–Crippen MR) is 84.4 cm³/mol. The molecule has 0 saturated heterocycles. The van der Waals surface area contributed by atoms with Gasteiger partial charge in [-0.1, -0.05) is 17.7 Å². The zero-order valence-electron chi connectivity index (χ0n) is 12.9. The Hall–Kier alpha value is -2.12. The number of halogens is 4. The highest BCUT2D eigenvalue weighted by Gasteiger charge is 2.46. The van der Waals surface area contributed by atoms with Crippen molar-refractivity contribution >= 4 is 17.5 Å². The average Bonchev–Trinajstić information content (AvgIpc) is 2.60. The summed E-state index contributed by atoms with van der Waals surface area (Å²) in [4.78, 5) is 16.4. The van der Waals surface area contributed by atoms with E-state index in [-0.39, 0.29) is 41.2 Å². The average molecular weight is 371 g/mol. The van der Waals surface area contributed by atoms with Crippen LogP contribution < -0.4 is 5.32 Å². The summed E-state index contributed by atoms with van der Waals surface area (Å²) in [5.41, 5.74) is -2.12. The number of amides is 1. The number of fused-ring (bicyclic) bond motifs is 1. The van der Waals surface area contributed by atoms with Gasteiger partial charge in [0.1, 0.15) is 0 Å². The van der Waals surface area contributed by atoms with Crippen LogP contribution in [0.15, 0.2) is 30.5 Å². The Morgan fingerprint density at radius 3 is 2.88 bits per heavy atom. The molecule has 1 aliphatic carbocycles. The highest BCUT2D eigenvalue weighted by molar-refractivity contribution is 6.31. The zero-order chi connectivity index (χ0) is 18.2. The monoisotopic (exact) mass is 370 g/mol. The molecule has 1 amide bonds. The standard InChI is InChI=1S/C17H14ClF3N2O2/c18-11-7-13(20)12(19)6-9(11)8-23-16(25)17(21)4-3-14(24)15-10(17)2-1-5-22-15/h1-2,5-7,14,24H,3-4,8H2,(H,23,25). The van der Waals surface area contributed by atoms with E-state index < -0.39 is 29.3 Å². The third-order valence-corrected chi connectivity index (χ3v) is 4.58. The predicted octanol–water partition coefficient (Wildman–Crippen LogP) is 3.32. The second-order valence-electron chi connectivity index (χ2n) is 5.83. The lowest BCUT2D eigenvalue weighted by atomic mass is 9.81. The van der Waals surface area contributed by atoms with Crippen LogP contribution >= 0.6 is 11.6 Å². The van der Waals surface area contributed by atoms with Crippen LogP contribution in [-0.4, -0.2) is 16.0 Å². The Morgan fingerprint density at radius 2 is 2.12 bits per heavy atom. The molecule has 1 heterocycles.